The molecule has 0 aliphatic heterocycles. The molecule has 1 aromatic carbocycles. The molecule has 0 aromatic heterocycles. The fourth-order valence-corrected chi connectivity index (χ4v) is 2.10. The molecule has 0 spiro atoms. The summed E-state index contributed by atoms with van der Waals surface area (Å²) in [5.41, 5.74) is 1.19. The normalized spacial score (nSPS) is 12.4. The lowest BCUT2D eigenvalue weighted by Crippen LogP contribution is -2.37. The van der Waals surface area contributed by atoms with Gasteiger partial charge >= 0.3 is 0 Å². The van der Waals surface area contributed by atoms with Gasteiger partial charge in [0, 0.05) is 19.1 Å². The van der Waals surface area contributed by atoms with Gasteiger partial charge in [-0.1, -0.05) is 24.3 Å². The van der Waals surface area contributed by atoms with E-state index in [1.165, 1.54) is 5.56 Å². The SMILES string of the molecule is C=CCN(CCO)C(C)Cc1ccccc1OC. The predicted octanol–water partition coefficient (Wildman–Crippen LogP) is 2.11. The van der Waals surface area contributed by atoms with Gasteiger partial charge in [-0.15, -0.1) is 6.58 Å². The first kappa shape index (κ1) is 14.7. The summed E-state index contributed by atoms with van der Waals surface area (Å²) >= 11 is 0. The zero-order valence-electron chi connectivity index (χ0n) is 11.3. The highest BCUT2D eigenvalue weighted by molar-refractivity contribution is 5.33. The maximum atomic E-state index is 9.08. The zero-order chi connectivity index (χ0) is 13.4. The molecule has 0 fully saturated rings. The Kier molecular flexibility index (Phi) is 6.47. The van der Waals surface area contributed by atoms with Crippen LogP contribution in [-0.4, -0.2) is 42.9 Å². The second-order valence-corrected chi connectivity index (χ2v) is 4.37. The third-order valence-corrected chi connectivity index (χ3v) is 3.08. The Balaban J connectivity index is 2.71. The summed E-state index contributed by atoms with van der Waals surface area (Å²) in [5, 5.41) is 9.08. The number of nitrogens with zero attached hydrogens (tertiary/aromatic N) is 1. The zero-order valence-corrected chi connectivity index (χ0v) is 11.3. The largest absolute Gasteiger partial charge is 0.496 e. The first-order valence-corrected chi connectivity index (χ1v) is 6.30. The minimum atomic E-state index is 0.171. The highest BCUT2D eigenvalue weighted by atomic mass is 16.5. The van der Waals surface area contributed by atoms with Crippen molar-refractivity contribution in [1.82, 2.24) is 4.90 Å². The van der Waals surface area contributed by atoms with Crippen LogP contribution in [0.1, 0.15) is 12.5 Å². The van der Waals surface area contributed by atoms with E-state index in [2.05, 4.69) is 24.5 Å². The maximum Gasteiger partial charge on any atom is 0.122 e. The summed E-state index contributed by atoms with van der Waals surface area (Å²) in [5.74, 6) is 0.923. The van der Waals surface area contributed by atoms with Crippen LogP contribution in [0.25, 0.3) is 0 Å². The third kappa shape index (κ3) is 4.17. The van der Waals surface area contributed by atoms with E-state index >= 15 is 0 Å². The third-order valence-electron chi connectivity index (χ3n) is 3.08. The molecule has 0 amide bonds. The van der Waals surface area contributed by atoms with Crippen LogP contribution in [0.2, 0.25) is 0 Å². The van der Waals surface area contributed by atoms with E-state index < -0.39 is 0 Å². The van der Waals surface area contributed by atoms with Crippen LogP contribution >= 0.6 is 0 Å². The lowest BCUT2D eigenvalue weighted by atomic mass is 10.0. The van der Waals surface area contributed by atoms with Crippen molar-refractivity contribution in [3.63, 3.8) is 0 Å². The van der Waals surface area contributed by atoms with E-state index in [0.29, 0.717) is 12.6 Å². The summed E-state index contributed by atoms with van der Waals surface area (Å²) in [7, 11) is 1.69. The molecule has 3 heteroatoms. The molecule has 3 nitrogen and oxygen atoms in total. The first-order valence-electron chi connectivity index (χ1n) is 6.30. The van der Waals surface area contributed by atoms with Crippen molar-refractivity contribution in [2.75, 3.05) is 26.8 Å². The Morgan fingerprint density at radius 2 is 2.17 bits per heavy atom. The summed E-state index contributed by atoms with van der Waals surface area (Å²) < 4.78 is 5.36. The minimum absolute atomic E-state index is 0.171. The smallest absolute Gasteiger partial charge is 0.122 e. The lowest BCUT2D eigenvalue weighted by Gasteiger charge is -2.27. The van der Waals surface area contributed by atoms with Crippen LogP contribution in [-0.2, 0) is 6.42 Å². The summed E-state index contributed by atoms with van der Waals surface area (Å²) in [6, 6.07) is 8.40. The van der Waals surface area contributed by atoms with Gasteiger partial charge in [-0.05, 0) is 25.0 Å². The van der Waals surface area contributed by atoms with Gasteiger partial charge in [-0.2, -0.15) is 0 Å². The van der Waals surface area contributed by atoms with Crippen molar-refractivity contribution in [2.24, 2.45) is 0 Å². The summed E-state index contributed by atoms with van der Waals surface area (Å²) in [6.45, 7) is 7.54. The molecule has 18 heavy (non-hydrogen) atoms. The molecule has 0 saturated heterocycles. The van der Waals surface area contributed by atoms with Gasteiger partial charge in [0.05, 0.1) is 13.7 Å². The Hall–Kier alpha value is -1.32. The molecule has 1 aromatic rings. The molecule has 0 radical (unpaired) electrons. The van der Waals surface area contributed by atoms with Crippen LogP contribution in [0.15, 0.2) is 36.9 Å². The molecule has 0 aliphatic carbocycles. The first-order chi connectivity index (χ1) is 8.72. The molecule has 1 unspecified atom stereocenters. The number of para-hydroxylation sites is 1. The average Bonchev–Trinajstić information content (AvgIpc) is 2.39. The number of methoxy groups -OCH3 is 1. The van der Waals surface area contributed by atoms with Crippen LogP contribution in [0.5, 0.6) is 5.75 Å². The number of rotatable bonds is 8. The Morgan fingerprint density at radius 1 is 1.44 bits per heavy atom. The number of ether oxygens (including phenoxy) is 1. The van der Waals surface area contributed by atoms with E-state index in [0.717, 1.165) is 18.7 Å². The van der Waals surface area contributed by atoms with E-state index in [4.69, 9.17) is 9.84 Å². The predicted molar refractivity (Wildman–Crippen MR) is 75.0 cm³/mol. The van der Waals surface area contributed by atoms with Crippen molar-refractivity contribution in [2.45, 2.75) is 19.4 Å². The topological polar surface area (TPSA) is 32.7 Å². The van der Waals surface area contributed by atoms with Gasteiger partial charge in [0.1, 0.15) is 5.75 Å². The van der Waals surface area contributed by atoms with Gasteiger partial charge in [0.25, 0.3) is 0 Å². The Bertz CT molecular complexity index is 365. The molecule has 1 atom stereocenters. The Morgan fingerprint density at radius 3 is 2.78 bits per heavy atom. The van der Waals surface area contributed by atoms with Gasteiger partial charge in [0.15, 0.2) is 0 Å². The molecule has 0 bridgehead atoms. The number of hydrogen-bond acceptors (Lipinski definition) is 3. The minimum Gasteiger partial charge on any atom is -0.496 e. The number of aliphatic hydroxyl groups excluding tert-OH is 1. The van der Waals surface area contributed by atoms with Gasteiger partial charge in [0.2, 0.25) is 0 Å². The average molecular weight is 249 g/mol. The Labute approximate surface area is 110 Å². The number of aliphatic hydroxyl groups is 1. The van der Waals surface area contributed by atoms with Crippen LogP contribution in [0.4, 0.5) is 0 Å². The lowest BCUT2D eigenvalue weighted by molar-refractivity contribution is 0.171. The van der Waals surface area contributed by atoms with Crippen molar-refractivity contribution < 1.29 is 9.84 Å². The molecule has 1 N–H and O–H groups in total. The fraction of sp³-hybridized carbons (Fsp3) is 0.467. The summed E-state index contributed by atoms with van der Waals surface area (Å²) in [4.78, 5) is 2.21. The van der Waals surface area contributed by atoms with Crippen LogP contribution in [0.3, 0.4) is 0 Å². The van der Waals surface area contributed by atoms with Crippen molar-refractivity contribution in [1.29, 1.82) is 0 Å². The van der Waals surface area contributed by atoms with Gasteiger partial charge < -0.3 is 9.84 Å². The van der Waals surface area contributed by atoms with E-state index in [1.807, 2.05) is 24.3 Å². The van der Waals surface area contributed by atoms with E-state index in [9.17, 15) is 0 Å². The molecular weight excluding hydrogens is 226 g/mol. The van der Waals surface area contributed by atoms with E-state index in [-0.39, 0.29) is 6.61 Å². The number of benzene rings is 1. The highest BCUT2D eigenvalue weighted by Gasteiger charge is 2.14. The quantitative estimate of drug-likeness (QED) is 0.716. The maximum absolute atomic E-state index is 9.08. The molecule has 0 saturated carbocycles. The molecule has 1 rings (SSSR count). The van der Waals surface area contributed by atoms with Gasteiger partial charge in [-0.3, -0.25) is 4.90 Å². The molecule has 0 aliphatic rings. The number of hydrogen-bond donors (Lipinski definition) is 1. The monoisotopic (exact) mass is 249 g/mol. The fourth-order valence-electron chi connectivity index (χ4n) is 2.10. The molecule has 0 heterocycles. The van der Waals surface area contributed by atoms with Crippen LogP contribution < -0.4 is 4.74 Å². The second kappa shape index (κ2) is 7.90. The summed E-state index contributed by atoms with van der Waals surface area (Å²) in [6.07, 6.45) is 2.77. The van der Waals surface area contributed by atoms with Crippen molar-refractivity contribution in [3.05, 3.63) is 42.5 Å². The highest BCUT2D eigenvalue weighted by Crippen LogP contribution is 2.20. The van der Waals surface area contributed by atoms with E-state index in [1.54, 1.807) is 7.11 Å². The second-order valence-electron chi connectivity index (χ2n) is 4.37. The van der Waals surface area contributed by atoms with Crippen LogP contribution in [0, 0.1) is 0 Å². The van der Waals surface area contributed by atoms with Crippen molar-refractivity contribution in [3.8, 4) is 5.75 Å². The molecular formula is C15H23NO2. The van der Waals surface area contributed by atoms with Crippen molar-refractivity contribution >= 4 is 0 Å². The molecule has 100 valence electrons. The van der Waals surface area contributed by atoms with Gasteiger partial charge in [-0.25, -0.2) is 0 Å². The standard InChI is InChI=1S/C15H23NO2/c1-4-9-16(10-11-17)13(2)12-14-7-5-6-8-15(14)18-3/h4-8,13,17H,1,9-12H2,2-3H3.